The number of urea groups is 1. The predicted molar refractivity (Wildman–Crippen MR) is 123 cm³/mol. The number of nitrogens with one attached hydrogen (secondary N) is 1. The van der Waals surface area contributed by atoms with Gasteiger partial charge in [-0.1, -0.05) is 44.2 Å². The van der Waals surface area contributed by atoms with Crippen LogP contribution in [-0.4, -0.2) is 26.2 Å². The molecule has 2 aromatic carbocycles. The van der Waals surface area contributed by atoms with Gasteiger partial charge in [-0.15, -0.1) is 0 Å². The van der Waals surface area contributed by atoms with Gasteiger partial charge in [-0.3, -0.25) is 4.90 Å². The van der Waals surface area contributed by atoms with E-state index in [1.165, 1.54) is 12.7 Å². The van der Waals surface area contributed by atoms with Crippen molar-refractivity contribution in [2.75, 3.05) is 25.1 Å². The Kier molecular flexibility index (Phi) is 6.87. The molecule has 0 atom stereocenters. The molecule has 2 aromatic rings. The Labute approximate surface area is 185 Å². The number of benzene rings is 2. The minimum absolute atomic E-state index is 0.0425. The number of anilines is 1. The number of primary amides is 1. The van der Waals surface area contributed by atoms with Crippen molar-refractivity contribution in [1.29, 1.82) is 5.26 Å². The van der Waals surface area contributed by atoms with E-state index in [4.69, 9.17) is 15.7 Å². The molecule has 3 rings (SSSR count). The molecular formula is C25H32N4O2. The summed E-state index contributed by atoms with van der Waals surface area (Å²) in [6.07, 6.45) is 3.88. The number of methoxy groups -OCH3 is 1. The first kappa shape index (κ1) is 22.6. The zero-order valence-electron chi connectivity index (χ0n) is 18.6. The number of nitrogens with zero attached hydrogens (tertiary/aromatic N) is 2. The summed E-state index contributed by atoms with van der Waals surface area (Å²) in [4.78, 5) is 14.0. The number of nitriles is 1. The number of rotatable bonds is 7. The number of hydrogen-bond acceptors (Lipinski definition) is 4. The van der Waals surface area contributed by atoms with Crippen LogP contribution in [0.1, 0.15) is 50.7 Å². The average molecular weight is 421 g/mol. The molecule has 0 saturated heterocycles. The van der Waals surface area contributed by atoms with Crippen LogP contribution in [0.2, 0.25) is 0 Å². The molecular weight excluding hydrogens is 388 g/mol. The van der Waals surface area contributed by atoms with Crippen molar-refractivity contribution in [1.82, 2.24) is 5.32 Å². The van der Waals surface area contributed by atoms with Crippen LogP contribution >= 0.6 is 0 Å². The molecule has 31 heavy (non-hydrogen) atoms. The van der Waals surface area contributed by atoms with Crippen molar-refractivity contribution in [3.8, 4) is 11.8 Å². The maximum atomic E-state index is 12.4. The lowest BCUT2D eigenvalue weighted by Gasteiger charge is -2.47. The van der Waals surface area contributed by atoms with Gasteiger partial charge in [0.25, 0.3) is 0 Å². The van der Waals surface area contributed by atoms with Crippen molar-refractivity contribution in [3.63, 3.8) is 0 Å². The Hall–Kier alpha value is -3.04. The van der Waals surface area contributed by atoms with Crippen molar-refractivity contribution in [2.24, 2.45) is 11.1 Å². The lowest BCUT2D eigenvalue weighted by atomic mass is 9.66. The third kappa shape index (κ3) is 4.83. The molecule has 1 saturated carbocycles. The first-order chi connectivity index (χ1) is 14.9. The lowest BCUT2D eigenvalue weighted by molar-refractivity contribution is 0.126. The molecule has 0 radical (unpaired) electrons. The summed E-state index contributed by atoms with van der Waals surface area (Å²) in [5, 5.41) is 12.9. The molecule has 3 N–H and O–H groups in total. The van der Waals surface area contributed by atoms with Gasteiger partial charge in [0.15, 0.2) is 0 Å². The summed E-state index contributed by atoms with van der Waals surface area (Å²) >= 11 is 0. The highest BCUT2D eigenvalue weighted by atomic mass is 16.5. The lowest BCUT2D eigenvalue weighted by Crippen LogP contribution is -2.50. The number of hydrogen-bond donors (Lipinski definition) is 2. The third-order valence-electron chi connectivity index (χ3n) is 6.56. The van der Waals surface area contributed by atoms with Gasteiger partial charge in [0.05, 0.1) is 24.4 Å². The van der Waals surface area contributed by atoms with E-state index in [9.17, 15) is 4.79 Å². The molecule has 0 aliphatic heterocycles. The number of ether oxygens (including phenoxy) is 1. The van der Waals surface area contributed by atoms with Crippen LogP contribution in [0, 0.1) is 16.7 Å². The molecule has 164 valence electrons. The third-order valence-corrected chi connectivity index (χ3v) is 6.56. The highest BCUT2D eigenvalue weighted by molar-refractivity contribution is 5.92. The zero-order valence-corrected chi connectivity index (χ0v) is 18.6. The van der Waals surface area contributed by atoms with Crippen LogP contribution in [0.15, 0.2) is 48.5 Å². The van der Waals surface area contributed by atoms with Crippen LogP contribution in [0.5, 0.6) is 5.75 Å². The first-order valence-corrected chi connectivity index (χ1v) is 10.8. The Morgan fingerprint density at radius 1 is 1.19 bits per heavy atom. The molecule has 1 aliphatic carbocycles. The number of carbonyl (C=O) groups excluding carboxylic acids is 1. The molecule has 0 aromatic heterocycles. The fourth-order valence-electron chi connectivity index (χ4n) is 4.74. The van der Waals surface area contributed by atoms with E-state index in [-0.39, 0.29) is 11.0 Å². The second kappa shape index (κ2) is 9.40. The van der Waals surface area contributed by atoms with Crippen LogP contribution in [0.3, 0.4) is 0 Å². The van der Waals surface area contributed by atoms with E-state index in [0.717, 1.165) is 32.2 Å². The predicted octanol–water partition coefficient (Wildman–Crippen LogP) is 4.54. The van der Waals surface area contributed by atoms with E-state index in [0.29, 0.717) is 23.5 Å². The fraction of sp³-hybridized carbons (Fsp3) is 0.440. The number of amides is 2. The zero-order chi connectivity index (χ0) is 22.5. The highest BCUT2D eigenvalue weighted by Crippen LogP contribution is 2.46. The molecule has 1 aliphatic rings. The van der Waals surface area contributed by atoms with Gasteiger partial charge in [-0.2, -0.15) is 5.26 Å². The minimum atomic E-state index is -0.518. The standard InChI is InChI=1S/C25H32N4O2/c1-4-28-25(20-8-6-5-7-9-20)14-12-24(2,13-15-25)18-29(23(27)30)21-11-10-19(17-26)16-22(21)31-3/h5-11,16,28H,4,12-15,18H2,1-3H3,(H2,27,30). The molecule has 0 bridgehead atoms. The summed E-state index contributed by atoms with van der Waals surface area (Å²) < 4.78 is 5.45. The van der Waals surface area contributed by atoms with Crippen LogP contribution in [0.25, 0.3) is 0 Å². The van der Waals surface area contributed by atoms with E-state index >= 15 is 0 Å². The topological polar surface area (TPSA) is 91.4 Å². The summed E-state index contributed by atoms with van der Waals surface area (Å²) in [6.45, 7) is 5.77. The van der Waals surface area contributed by atoms with Crippen molar-refractivity contribution in [2.45, 2.75) is 45.1 Å². The fourth-order valence-corrected chi connectivity index (χ4v) is 4.74. The Balaban J connectivity index is 1.83. The summed E-state index contributed by atoms with van der Waals surface area (Å²) in [5.41, 5.74) is 8.06. The Bertz CT molecular complexity index is 944. The molecule has 1 fully saturated rings. The van der Waals surface area contributed by atoms with Crippen LogP contribution in [0.4, 0.5) is 10.5 Å². The van der Waals surface area contributed by atoms with Gasteiger partial charge in [0.2, 0.25) is 0 Å². The van der Waals surface area contributed by atoms with E-state index < -0.39 is 6.03 Å². The van der Waals surface area contributed by atoms with Crippen molar-refractivity contribution in [3.05, 3.63) is 59.7 Å². The van der Waals surface area contributed by atoms with E-state index in [1.807, 2.05) is 6.07 Å². The molecule has 0 heterocycles. The molecule has 6 heteroatoms. The second-order valence-corrected chi connectivity index (χ2v) is 8.71. The maximum absolute atomic E-state index is 12.4. The molecule has 2 amide bonds. The van der Waals surface area contributed by atoms with E-state index in [2.05, 4.69) is 49.5 Å². The monoisotopic (exact) mass is 420 g/mol. The SMILES string of the molecule is CCNC1(c2ccccc2)CCC(C)(CN(C(N)=O)c2ccc(C#N)cc2OC)CC1. The van der Waals surface area contributed by atoms with Gasteiger partial charge in [-0.05, 0) is 55.3 Å². The molecule has 6 nitrogen and oxygen atoms in total. The highest BCUT2D eigenvalue weighted by Gasteiger charge is 2.42. The smallest absolute Gasteiger partial charge is 0.319 e. The second-order valence-electron chi connectivity index (χ2n) is 8.71. The summed E-state index contributed by atoms with van der Waals surface area (Å²) in [6, 6.07) is 17.3. The Morgan fingerprint density at radius 2 is 1.87 bits per heavy atom. The maximum Gasteiger partial charge on any atom is 0.319 e. The largest absolute Gasteiger partial charge is 0.495 e. The van der Waals surface area contributed by atoms with E-state index in [1.54, 1.807) is 23.1 Å². The first-order valence-electron chi connectivity index (χ1n) is 10.8. The summed E-state index contributed by atoms with van der Waals surface area (Å²) in [5.74, 6) is 0.476. The normalized spacial score (nSPS) is 23.0. The summed E-state index contributed by atoms with van der Waals surface area (Å²) in [7, 11) is 1.53. The number of nitrogens with two attached hydrogens (primary N) is 1. The van der Waals surface area contributed by atoms with Gasteiger partial charge in [0, 0.05) is 18.2 Å². The Morgan fingerprint density at radius 3 is 2.42 bits per heavy atom. The van der Waals surface area contributed by atoms with Gasteiger partial charge >= 0.3 is 6.03 Å². The average Bonchev–Trinajstić information content (AvgIpc) is 2.79. The van der Waals surface area contributed by atoms with Crippen LogP contribution in [-0.2, 0) is 5.54 Å². The van der Waals surface area contributed by atoms with Crippen molar-refractivity contribution >= 4 is 11.7 Å². The van der Waals surface area contributed by atoms with Gasteiger partial charge in [-0.25, -0.2) is 4.79 Å². The molecule has 0 spiro atoms. The van der Waals surface area contributed by atoms with Gasteiger partial charge in [0.1, 0.15) is 5.75 Å². The van der Waals surface area contributed by atoms with Crippen LogP contribution < -0.4 is 20.7 Å². The minimum Gasteiger partial charge on any atom is -0.495 e. The van der Waals surface area contributed by atoms with Gasteiger partial charge < -0.3 is 15.8 Å². The quantitative estimate of drug-likeness (QED) is 0.688. The number of carbonyl (C=O) groups is 1. The van der Waals surface area contributed by atoms with Crippen molar-refractivity contribution < 1.29 is 9.53 Å². The molecule has 0 unspecified atom stereocenters.